The predicted molar refractivity (Wildman–Crippen MR) is 105 cm³/mol. The standard InChI is InChI=1S/C22H29N3O/c1-24(22(26)12-11-20-9-5-14-23-17-20)21-10-6-15-25(18-21)16-13-19-7-3-2-4-8-19/h2-5,7-9,14,17,21H,6,10-13,15-16,18H2,1H3/t21-/m1/s1. The molecule has 0 saturated carbocycles. The molecule has 0 radical (unpaired) electrons. The SMILES string of the molecule is CN(C(=O)CCc1cccnc1)[C@@H]1CCCN(CCc2ccccc2)C1. The monoisotopic (exact) mass is 351 g/mol. The highest BCUT2D eigenvalue weighted by molar-refractivity contribution is 5.76. The van der Waals surface area contributed by atoms with Crippen molar-refractivity contribution in [3.63, 3.8) is 0 Å². The van der Waals surface area contributed by atoms with Crippen LogP contribution in [0, 0.1) is 0 Å². The second-order valence-corrected chi connectivity index (χ2v) is 7.20. The second kappa shape index (κ2) is 9.48. The molecule has 1 fully saturated rings. The van der Waals surface area contributed by atoms with E-state index in [1.807, 2.05) is 30.3 Å². The third kappa shape index (κ3) is 5.40. The summed E-state index contributed by atoms with van der Waals surface area (Å²) in [5.74, 6) is 0.240. The van der Waals surface area contributed by atoms with Crippen molar-refractivity contribution in [2.75, 3.05) is 26.7 Å². The van der Waals surface area contributed by atoms with E-state index in [1.54, 1.807) is 6.20 Å². The van der Waals surface area contributed by atoms with Gasteiger partial charge in [0.15, 0.2) is 0 Å². The highest BCUT2D eigenvalue weighted by atomic mass is 16.2. The van der Waals surface area contributed by atoms with Crippen molar-refractivity contribution in [1.82, 2.24) is 14.8 Å². The summed E-state index contributed by atoms with van der Waals surface area (Å²) in [4.78, 5) is 21.2. The van der Waals surface area contributed by atoms with Crippen LogP contribution in [0.2, 0.25) is 0 Å². The Morgan fingerprint density at radius 2 is 1.96 bits per heavy atom. The van der Waals surface area contributed by atoms with Gasteiger partial charge >= 0.3 is 0 Å². The van der Waals surface area contributed by atoms with Gasteiger partial charge in [-0.25, -0.2) is 0 Å². The molecule has 1 aromatic carbocycles. The molecule has 4 nitrogen and oxygen atoms in total. The number of nitrogens with zero attached hydrogens (tertiary/aromatic N) is 3. The molecule has 26 heavy (non-hydrogen) atoms. The summed E-state index contributed by atoms with van der Waals surface area (Å²) < 4.78 is 0. The van der Waals surface area contributed by atoms with Crippen molar-refractivity contribution in [2.24, 2.45) is 0 Å². The molecule has 0 bridgehead atoms. The van der Waals surface area contributed by atoms with Crippen LogP contribution in [0.1, 0.15) is 30.4 Å². The third-order valence-corrected chi connectivity index (χ3v) is 5.33. The first-order chi connectivity index (χ1) is 12.7. The normalized spacial score (nSPS) is 17.8. The Morgan fingerprint density at radius 1 is 1.15 bits per heavy atom. The van der Waals surface area contributed by atoms with Crippen molar-refractivity contribution in [1.29, 1.82) is 0 Å². The van der Waals surface area contributed by atoms with Gasteiger partial charge in [0.25, 0.3) is 0 Å². The molecule has 1 aromatic heterocycles. The van der Waals surface area contributed by atoms with Gasteiger partial charge in [0, 0.05) is 45.0 Å². The van der Waals surface area contributed by atoms with Gasteiger partial charge in [-0.15, -0.1) is 0 Å². The van der Waals surface area contributed by atoms with Crippen LogP contribution in [0.5, 0.6) is 0 Å². The summed E-state index contributed by atoms with van der Waals surface area (Å²) in [6, 6.07) is 14.9. The minimum absolute atomic E-state index is 0.240. The first-order valence-electron chi connectivity index (χ1n) is 9.63. The van der Waals surface area contributed by atoms with Gasteiger partial charge in [0.05, 0.1) is 0 Å². The van der Waals surface area contributed by atoms with Crippen molar-refractivity contribution < 1.29 is 4.79 Å². The number of carbonyl (C=O) groups is 1. The zero-order valence-electron chi connectivity index (χ0n) is 15.7. The van der Waals surface area contributed by atoms with Gasteiger partial charge in [-0.1, -0.05) is 36.4 Å². The van der Waals surface area contributed by atoms with E-state index in [-0.39, 0.29) is 5.91 Å². The maximum atomic E-state index is 12.6. The lowest BCUT2D eigenvalue weighted by Gasteiger charge is -2.37. The van der Waals surface area contributed by atoms with Gasteiger partial charge in [-0.3, -0.25) is 9.78 Å². The first kappa shape index (κ1) is 18.6. The largest absolute Gasteiger partial charge is 0.341 e. The Balaban J connectivity index is 1.46. The summed E-state index contributed by atoms with van der Waals surface area (Å²) in [7, 11) is 1.97. The summed E-state index contributed by atoms with van der Waals surface area (Å²) in [5.41, 5.74) is 2.51. The Kier molecular flexibility index (Phi) is 6.78. The van der Waals surface area contributed by atoms with Crippen LogP contribution < -0.4 is 0 Å². The van der Waals surface area contributed by atoms with E-state index in [0.717, 1.165) is 44.5 Å². The van der Waals surface area contributed by atoms with Gasteiger partial charge in [-0.2, -0.15) is 0 Å². The highest BCUT2D eigenvalue weighted by Gasteiger charge is 2.25. The Bertz CT molecular complexity index is 674. The van der Waals surface area contributed by atoms with E-state index >= 15 is 0 Å². The molecule has 1 aliphatic heterocycles. The molecule has 2 heterocycles. The fourth-order valence-corrected chi connectivity index (χ4v) is 3.66. The summed E-state index contributed by atoms with van der Waals surface area (Å²) in [6.45, 7) is 3.20. The number of piperidine rings is 1. The van der Waals surface area contributed by atoms with E-state index in [4.69, 9.17) is 0 Å². The van der Waals surface area contributed by atoms with E-state index in [1.165, 1.54) is 12.0 Å². The molecule has 4 heteroatoms. The zero-order valence-corrected chi connectivity index (χ0v) is 15.7. The van der Waals surface area contributed by atoms with Crippen LogP contribution in [-0.2, 0) is 17.6 Å². The number of aryl methyl sites for hydroxylation is 1. The summed E-state index contributed by atoms with van der Waals surface area (Å²) in [6.07, 6.45) is 8.29. The van der Waals surface area contributed by atoms with Gasteiger partial charge < -0.3 is 9.80 Å². The quantitative estimate of drug-likeness (QED) is 0.769. The first-order valence-corrected chi connectivity index (χ1v) is 9.63. The van der Waals surface area contributed by atoms with Crippen molar-refractivity contribution >= 4 is 5.91 Å². The van der Waals surface area contributed by atoms with Crippen molar-refractivity contribution in [3.8, 4) is 0 Å². The molecule has 1 aliphatic rings. The number of amides is 1. The number of benzene rings is 1. The molecule has 1 atom stereocenters. The maximum Gasteiger partial charge on any atom is 0.222 e. The average molecular weight is 351 g/mol. The van der Waals surface area contributed by atoms with Gasteiger partial charge in [0.2, 0.25) is 5.91 Å². The van der Waals surface area contributed by atoms with E-state index in [0.29, 0.717) is 12.5 Å². The second-order valence-electron chi connectivity index (χ2n) is 7.20. The molecule has 138 valence electrons. The number of carbonyl (C=O) groups excluding carboxylic acids is 1. The number of aromatic nitrogens is 1. The number of likely N-dealkylation sites (tertiary alicyclic amines) is 1. The van der Waals surface area contributed by atoms with Crippen LogP contribution in [0.4, 0.5) is 0 Å². The zero-order chi connectivity index (χ0) is 18.2. The predicted octanol–water partition coefficient (Wildman–Crippen LogP) is 3.18. The number of likely N-dealkylation sites (N-methyl/N-ethyl adjacent to an activating group) is 1. The maximum absolute atomic E-state index is 12.6. The topological polar surface area (TPSA) is 36.4 Å². The van der Waals surface area contributed by atoms with Crippen LogP contribution in [0.3, 0.4) is 0 Å². The van der Waals surface area contributed by atoms with Crippen LogP contribution >= 0.6 is 0 Å². The van der Waals surface area contributed by atoms with Gasteiger partial charge in [0.1, 0.15) is 0 Å². The smallest absolute Gasteiger partial charge is 0.222 e. The number of pyridine rings is 1. The molecule has 2 aromatic rings. The Morgan fingerprint density at radius 3 is 2.73 bits per heavy atom. The van der Waals surface area contributed by atoms with Crippen molar-refractivity contribution in [2.45, 2.75) is 38.1 Å². The van der Waals surface area contributed by atoms with E-state index in [2.05, 4.69) is 40.2 Å². The summed E-state index contributed by atoms with van der Waals surface area (Å²) >= 11 is 0. The third-order valence-electron chi connectivity index (χ3n) is 5.33. The molecule has 0 unspecified atom stereocenters. The lowest BCUT2D eigenvalue weighted by molar-refractivity contribution is -0.133. The molecule has 1 saturated heterocycles. The summed E-state index contributed by atoms with van der Waals surface area (Å²) in [5, 5.41) is 0. The number of rotatable bonds is 7. The molecular formula is C22H29N3O. The minimum atomic E-state index is 0.240. The molecule has 1 amide bonds. The van der Waals surface area contributed by atoms with Gasteiger partial charge in [-0.05, 0) is 49.4 Å². The molecule has 3 rings (SSSR count). The molecule has 0 aliphatic carbocycles. The molecular weight excluding hydrogens is 322 g/mol. The van der Waals surface area contributed by atoms with Crippen LogP contribution in [-0.4, -0.2) is 53.4 Å². The van der Waals surface area contributed by atoms with Crippen molar-refractivity contribution in [3.05, 3.63) is 66.0 Å². The molecule has 0 N–H and O–H groups in total. The Labute approximate surface area is 156 Å². The lowest BCUT2D eigenvalue weighted by atomic mass is 10.0. The number of hydrogen-bond acceptors (Lipinski definition) is 3. The highest BCUT2D eigenvalue weighted by Crippen LogP contribution is 2.17. The average Bonchev–Trinajstić information content (AvgIpc) is 2.71. The Hall–Kier alpha value is -2.20. The van der Waals surface area contributed by atoms with Crippen LogP contribution in [0.15, 0.2) is 54.9 Å². The molecule has 0 spiro atoms. The fraction of sp³-hybridized carbons (Fsp3) is 0.455. The number of hydrogen-bond donors (Lipinski definition) is 0. The van der Waals surface area contributed by atoms with Crippen LogP contribution in [0.25, 0.3) is 0 Å². The van der Waals surface area contributed by atoms with E-state index in [9.17, 15) is 4.79 Å². The minimum Gasteiger partial charge on any atom is -0.341 e. The fourth-order valence-electron chi connectivity index (χ4n) is 3.66. The lowest BCUT2D eigenvalue weighted by Crippen LogP contribution is -2.49. The van der Waals surface area contributed by atoms with E-state index < -0.39 is 0 Å².